The van der Waals surface area contributed by atoms with Gasteiger partial charge in [0.15, 0.2) is 0 Å². The molecule has 2 atom stereocenters. The van der Waals surface area contributed by atoms with E-state index in [1.54, 1.807) is 19.1 Å². The van der Waals surface area contributed by atoms with Crippen LogP contribution in [0, 0.1) is 12.7 Å². The van der Waals surface area contributed by atoms with Gasteiger partial charge in [-0.3, -0.25) is 0 Å². The minimum atomic E-state index is -0.315. The van der Waals surface area contributed by atoms with Crippen molar-refractivity contribution in [3.63, 3.8) is 0 Å². The lowest BCUT2D eigenvalue weighted by Crippen LogP contribution is -2.29. The van der Waals surface area contributed by atoms with Crippen LogP contribution in [0.4, 0.5) is 4.39 Å². The van der Waals surface area contributed by atoms with Gasteiger partial charge in [0.05, 0.1) is 0 Å². The Morgan fingerprint density at radius 1 is 1.15 bits per heavy atom. The van der Waals surface area contributed by atoms with E-state index in [1.807, 2.05) is 31.2 Å². The molecule has 2 unspecified atom stereocenters. The van der Waals surface area contributed by atoms with E-state index in [-0.39, 0.29) is 18.0 Å². The second-order valence-electron chi connectivity index (χ2n) is 4.86. The van der Waals surface area contributed by atoms with Crippen LogP contribution in [-0.2, 0) is 0 Å². The molecular weight excluding hydrogens is 321 g/mol. The van der Waals surface area contributed by atoms with E-state index in [0.717, 1.165) is 10.0 Å². The highest BCUT2D eigenvalue weighted by atomic mass is 79.9. The van der Waals surface area contributed by atoms with Crippen LogP contribution in [0.5, 0.6) is 5.75 Å². The molecular formula is C16H17BrFNO. The largest absolute Gasteiger partial charge is 0.484 e. The van der Waals surface area contributed by atoms with Gasteiger partial charge >= 0.3 is 0 Å². The molecule has 0 bridgehead atoms. The quantitative estimate of drug-likeness (QED) is 0.899. The molecule has 2 rings (SSSR count). The summed E-state index contributed by atoms with van der Waals surface area (Å²) >= 11 is 3.39. The van der Waals surface area contributed by atoms with Gasteiger partial charge in [-0.05, 0) is 43.2 Å². The molecule has 0 heterocycles. The fraction of sp³-hybridized carbons (Fsp3) is 0.250. The number of rotatable bonds is 4. The van der Waals surface area contributed by atoms with Crippen LogP contribution in [0.25, 0.3) is 0 Å². The van der Waals surface area contributed by atoms with Gasteiger partial charge < -0.3 is 10.5 Å². The third-order valence-corrected chi connectivity index (χ3v) is 3.61. The molecule has 0 aliphatic rings. The average molecular weight is 338 g/mol. The molecule has 4 heteroatoms. The van der Waals surface area contributed by atoms with E-state index in [9.17, 15) is 4.39 Å². The first kappa shape index (κ1) is 15.0. The maximum absolute atomic E-state index is 13.6. The lowest BCUT2D eigenvalue weighted by molar-refractivity contribution is 0.179. The van der Waals surface area contributed by atoms with Crippen molar-refractivity contribution >= 4 is 15.9 Å². The molecule has 2 aromatic rings. The zero-order valence-corrected chi connectivity index (χ0v) is 13.0. The van der Waals surface area contributed by atoms with Crippen LogP contribution < -0.4 is 10.5 Å². The van der Waals surface area contributed by atoms with E-state index >= 15 is 0 Å². The van der Waals surface area contributed by atoms with Gasteiger partial charge in [0.25, 0.3) is 0 Å². The topological polar surface area (TPSA) is 35.2 Å². The zero-order valence-electron chi connectivity index (χ0n) is 11.4. The highest BCUT2D eigenvalue weighted by Crippen LogP contribution is 2.26. The molecule has 0 saturated carbocycles. The first-order valence-electron chi connectivity index (χ1n) is 6.41. The number of nitrogens with two attached hydrogens (primary N) is 1. The van der Waals surface area contributed by atoms with Gasteiger partial charge in [-0.2, -0.15) is 0 Å². The number of halogens is 2. The smallest absolute Gasteiger partial charge is 0.138 e. The molecule has 2 nitrogen and oxygen atoms in total. The van der Waals surface area contributed by atoms with Crippen LogP contribution in [0.2, 0.25) is 0 Å². The summed E-state index contributed by atoms with van der Waals surface area (Å²) in [4.78, 5) is 0. The van der Waals surface area contributed by atoms with Gasteiger partial charge in [0.2, 0.25) is 0 Å². The van der Waals surface area contributed by atoms with Crippen LogP contribution in [0.15, 0.2) is 46.9 Å². The molecule has 0 fully saturated rings. The number of ether oxygens (including phenoxy) is 1. The maximum Gasteiger partial charge on any atom is 0.138 e. The molecule has 20 heavy (non-hydrogen) atoms. The Bertz CT molecular complexity index is 584. The number of hydrogen-bond acceptors (Lipinski definition) is 2. The second kappa shape index (κ2) is 6.37. The molecule has 0 aromatic heterocycles. The molecule has 0 amide bonds. The number of benzene rings is 2. The van der Waals surface area contributed by atoms with Crippen molar-refractivity contribution in [2.75, 3.05) is 0 Å². The maximum atomic E-state index is 13.6. The Morgan fingerprint density at radius 2 is 1.80 bits per heavy atom. The van der Waals surface area contributed by atoms with Gasteiger partial charge in [0, 0.05) is 16.6 Å². The third kappa shape index (κ3) is 3.58. The fourth-order valence-electron chi connectivity index (χ4n) is 1.92. The Kier molecular flexibility index (Phi) is 4.78. The zero-order chi connectivity index (χ0) is 14.7. The van der Waals surface area contributed by atoms with Crippen LogP contribution in [-0.4, -0.2) is 6.04 Å². The predicted molar refractivity (Wildman–Crippen MR) is 82.3 cm³/mol. The molecule has 0 saturated heterocycles. The standard InChI is InChI=1S/C16H17BrFNO/c1-10-3-8-14(9-15(10)18)20-16(11(2)19)12-4-6-13(17)7-5-12/h3-9,11,16H,19H2,1-2H3. The summed E-state index contributed by atoms with van der Waals surface area (Å²) in [6, 6.07) is 12.4. The van der Waals surface area contributed by atoms with Crippen molar-refractivity contribution in [1.82, 2.24) is 0 Å². The van der Waals surface area contributed by atoms with E-state index in [1.165, 1.54) is 6.07 Å². The van der Waals surface area contributed by atoms with Crippen LogP contribution in [0.1, 0.15) is 24.2 Å². The molecule has 0 radical (unpaired) electrons. The van der Waals surface area contributed by atoms with Crippen molar-refractivity contribution in [1.29, 1.82) is 0 Å². The lowest BCUT2D eigenvalue weighted by atomic mass is 10.0. The van der Waals surface area contributed by atoms with Crippen molar-refractivity contribution in [3.05, 3.63) is 63.9 Å². The number of aryl methyl sites for hydroxylation is 1. The van der Waals surface area contributed by atoms with Crippen LogP contribution in [0.3, 0.4) is 0 Å². The normalized spacial score (nSPS) is 13.8. The van der Waals surface area contributed by atoms with E-state index in [0.29, 0.717) is 11.3 Å². The molecule has 2 N–H and O–H groups in total. The Hall–Kier alpha value is -1.39. The highest BCUT2D eigenvalue weighted by Gasteiger charge is 2.18. The lowest BCUT2D eigenvalue weighted by Gasteiger charge is -2.23. The molecule has 0 spiro atoms. The minimum Gasteiger partial charge on any atom is -0.484 e. The summed E-state index contributed by atoms with van der Waals surface area (Å²) in [5.74, 6) is 0.208. The molecule has 106 valence electrons. The average Bonchev–Trinajstić information content (AvgIpc) is 2.41. The summed E-state index contributed by atoms with van der Waals surface area (Å²) in [6.45, 7) is 3.59. The SMILES string of the molecule is Cc1ccc(OC(c2ccc(Br)cc2)C(C)N)cc1F. The van der Waals surface area contributed by atoms with Gasteiger partial charge in [-0.15, -0.1) is 0 Å². The third-order valence-electron chi connectivity index (χ3n) is 3.08. The summed E-state index contributed by atoms with van der Waals surface area (Å²) < 4.78 is 20.4. The Balaban J connectivity index is 2.25. The Morgan fingerprint density at radius 3 is 2.35 bits per heavy atom. The first-order chi connectivity index (χ1) is 9.47. The van der Waals surface area contributed by atoms with E-state index in [2.05, 4.69) is 15.9 Å². The number of hydrogen-bond donors (Lipinski definition) is 1. The van der Waals surface area contributed by atoms with Crippen LogP contribution >= 0.6 is 15.9 Å². The van der Waals surface area contributed by atoms with Gasteiger partial charge in [-0.25, -0.2) is 4.39 Å². The molecule has 0 aliphatic heterocycles. The predicted octanol–water partition coefficient (Wildman–Crippen LogP) is 4.36. The van der Waals surface area contributed by atoms with Gasteiger partial charge in [0.1, 0.15) is 17.7 Å². The van der Waals surface area contributed by atoms with E-state index < -0.39 is 0 Å². The van der Waals surface area contributed by atoms with Crippen molar-refractivity contribution in [3.8, 4) is 5.75 Å². The van der Waals surface area contributed by atoms with E-state index in [4.69, 9.17) is 10.5 Å². The second-order valence-corrected chi connectivity index (χ2v) is 5.78. The van der Waals surface area contributed by atoms with Gasteiger partial charge in [-0.1, -0.05) is 34.1 Å². The first-order valence-corrected chi connectivity index (χ1v) is 7.20. The highest BCUT2D eigenvalue weighted by molar-refractivity contribution is 9.10. The summed E-state index contributed by atoms with van der Waals surface area (Å²) in [5.41, 5.74) is 7.55. The summed E-state index contributed by atoms with van der Waals surface area (Å²) in [7, 11) is 0. The van der Waals surface area contributed by atoms with Crippen molar-refractivity contribution in [2.45, 2.75) is 26.0 Å². The minimum absolute atomic E-state index is 0.208. The fourth-order valence-corrected chi connectivity index (χ4v) is 2.19. The van der Waals surface area contributed by atoms with Crippen molar-refractivity contribution < 1.29 is 9.13 Å². The molecule has 2 aromatic carbocycles. The monoisotopic (exact) mass is 337 g/mol. The molecule has 0 aliphatic carbocycles. The van der Waals surface area contributed by atoms with Crippen molar-refractivity contribution in [2.24, 2.45) is 5.73 Å². The Labute approximate surface area is 126 Å². The summed E-state index contributed by atoms with van der Waals surface area (Å²) in [5, 5.41) is 0. The summed E-state index contributed by atoms with van der Waals surface area (Å²) in [6.07, 6.45) is -0.315.